The number of carbonyl (C=O) groups excluding carboxylic acids is 10. The van der Waals surface area contributed by atoms with Crippen molar-refractivity contribution in [2.75, 3.05) is 19.8 Å². The van der Waals surface area contributed by atoms with Crippen LogP contribution < -0.4 is 0 Å². The van der Waals surface area contributed by atoms with Gasteiger partial charge in [0, 0.05) is 34.6 Å². The molecule has 13 heterocycles. The van der Waals surface area contributed by atoms with Crippen LogP contribution in [0.25, 0.3) is 0 Å². The molecule has 25 nitrogen and oxygen atoms in total. The molecule has 22 atom stereocenters. The van der Waals surface area contributed by atoms with Gasteiger partial charge < -0.3 is 71.8 Å². The number of carbonyl (C=O) groups is 10. The third-order valence-corrected chi connectivity index (χ3v) is 48.5. The highest BCUT2D eigenvalue weighted by Gasteiger charge is 2.75. The summed E-state index contributed by atoms with van der Waals surface area (Å²) >= 11 is 17.1. The molecule has 24 rings (SSSR count). The van der Waals surface area contributed by atoms with Gasteiger partial charge in [0.15, 0.2) is 0 Å². The van der Waals surface area contributed by atoms with Crippen LogP contribution in [0, 0.1) is 53.3 Å². The van der Waals surface area contributed by atoms with Crippen LogP contribution in [0.3, 0.4) is 0 Å². The summed E-state index contributed by atoms with van der Waals surface area (Å²) in [5.74, 6) is -24.8. The second kappa shape index (κ2) is 32.8. The van der Waals surface area contributed by atoms with Gasteiger partial charge in [-0.25, -0.2) is 24.0 Å². The van der Waals surface area contributed by atoms with Crippen LogP contribution in [-0.2, 0) is 110 Å². The molecule has 124 heavy (non-hydrogen) atoms. The molecule has 13 aliphatic heterocycles. The molecular weight excluding hydrogens is 1860 g/mol. The molecule has 0 aromatic carbocycles. The highest BCUT2D eigenvalue weighted by Crippen LogP contribution is 2.78. The quantitative estimate of drug-likeness (QED) is 0.117. The maximum atomic E-state index is 13.5. The molecule has 0 amide bonds. The van der Waals surface area contributed by atoms with Gasteiger partial charge in [-0.05, 0) is 177 Å². The Morgan fingerprint density at radius 3 is 1.14 bits per heavy atom. The monoisotopic (exact) mass is 1950 g/mol. The van der Waals surface area contributed by atoms with Crippen molar-refractivity contribution in [3.8, 4) is 0 Å². The van der Waals surface area contributed by atoms with Gasteiger partial charge in [0.05, 0.1) is 46.6 Å². The highest BCUT2D eigenvalue weighted by atomic mass is 32.2. The van der Waals surface area contributed by atoms with Gasteiger partial charge in [0.1, 0.15) is 112 Å². The Morgan fingerprint density at radius 2 is 0.726 bits per heavy atom. The summed E-state index contributed by atoms with van der Waals surface area (Å²) in [6, 6.07) is 0. The zero-order valence-corrected chi connectivity index (χ0v) is 75.6. The second-order valence-corrected chi connectivity index (χ2v) is 53.6. The van der Waals surface area contributed by atoms with E-state index in [-0.39, 0.29) is 139 Å². The van der Waals surface area contributed by atoms with E-state index in [0.717, 1.165) is 51.4 Å². The lowest BCUT2D eigenvalue weighted by Crippen LogP contribution is -2.62. The molecular formula is C79H94F10O25S10. The first-order valence-corrected chi connectivity index (χ1v) is 50.9. The fourth-order valence-electron chi connectivity index (χ4n) is 23.0. The predicted octanol–water partition coefficient (Wildman–Crippen LogP) is 12.8. The number of fused-ring (bicyclic) bond motifs is 11. The topological polar surface area (TPSA) is 331 Å². The molecule has 11 saturated carbocycles. The molecule has 24 aliphatic rings. The van der Waals surface area contributed by atoms with Crippen molar-refractivity contribution in [3.63, 3.8) is 0 Å². The number of aliphatic hydroxyl groups is 2. The van der Waals surface area contributed by atoms with Crippen LogP contribution in [-0.4, -0.2) is 253 Å². The smallest absolute Gasteiger partial charge is 0.377 e. The minimum absolute atomic E-state index is 0.0103. The first-order valence-electron chi connectivity index (χ1n) is 42.1. The highest BCUT2D eigenvalue weighted by molar-refractivity contribution is 8.24. The lowest BCUT2D eigenvalue weighted by Gasteiger charge is -2.63. The number of cyclic esters (lactones) is 5. The first kappa shape index (κ1) is 91.8. The number of hydrogen-bond acceptors (Lipinski definition) is 35. The van der Waals surface area contributed by atoms with Gasteiger partial charge in [-0.15, -0.1) is 118 Å². The lowest BCUT2D eigenvalue weighted by atomic mass is 9.53. The fourth-order valence-corrected chi connectivity index (χ4v) is 44.1. The van der Waals surface area contributed by atoms with Crippen molar-refractivity contribution in [1.82, 2.24) is 0 Å². The van der Waals surface area contributed by atoms with E-state index < -0.39 is 126 Å². The van der Waals surface area contributed by atoms with Crippen molar-refractivity contribution in [1.29, 1.82) is 0 Å². The molecule has 13 saturated heterocycles. The van der Waals surface area contributed by atoms with E-state index in [2.05, 4.69) is 0 Å². The summed E-state index contributed by atoms with van der Waals surface area (Å²) in [5, 5.41) is 19.2. The van der Waals surface area contributed by atoms with Crippen LogP contribution >= 0.6 is 118 Å². The molecule has 24 fully saturated rings. The zero-order valence-electron chi connectivity index (χ0n) is 67.4. The Balaban J connectivity index is 0.000000106. The lowest BCUT2D eigenvalue weighted by molar-refractivity contribution is -0.208. The summed E-state index contributed by atoms with van der Waals surface area (Å²) in [6.07, 6.45) is 10.8. The number of rotatable bonds is 10. The minimum atomic E-state index is -3.48. The molecule has 0 aromatic rings. The van der Waals surface area contributed by atoms with Crippen molar-refractivity contribution in [2.24, 2.45) is 53.3 Å². The van der Waals surface area contributed by atoms with E-state index in [1.165, 1.54) is 23.5 Å². The average molecular weight is 1950 g/mol. The van der Waals surface area contributed by atoms with E-state index >= 15 is 0 Å². The van der Waals surface area contributed by atoms with E-state index in [0.29, 0.717) is 156 Å². The number of aliphatic hydroxyl groups excluding tert-OH is 2. The summed E-state index contributed by atoms with van der Waals surface area (Å²) in [4.78, 5) is 117. The summed E-state index contributed by atoms with van der Waals surface area (Å²) in [6.45, 7) is 3.98. The van der Waals surface area contributed by atoms with Crippen molar-refractivity contribution in [3.05, 3.63) is 0 Å². The van der Waals surface area contributed by atoms with E-state index in [1.807, 2.05) is 23.5 Å². The Hall–Kier alpha value is -2.70. The van der Waals surface area contributed by atoms with Crippen LogP contribution in [0.15, 0.2) is 0 Å². The standard InChI is InChI=1S/C19H22F2O6S2.C19H22F2O5S2.C15H18F2O5S2.C13H16F2O5S2.C13H16F2O4S2/c1-17(20,21)16(24)27-18-4-7-2-8(5-18)19(9(3-7)6-18)28-12-10-11(25-15(12)29-19)14(23)26-13(10)22;1-17(20,21)16(23)26-18-4-8-2-9(5-18)19(10(3-8)6-18)27-13-12-11(7-24-14(12)22)25-15(13)28-19;1-14(16,17)13(19)21-7-2-4-15(5-3-7)23-10-9-8(6-20-11(9)18)22-12(10)24-15;1-12(14,15)11(18)19-6-2-4-13(5-3-6)21-7-8(22-13)10(17)20-9(7)16;1-12(14,15)11(17)19-7-2-4-13(5-3-7)20-8-6-18-10(16)9(8)21-13/h7-12,14-15,23H,2-6H2,1H3;8-13,15H,2-7H2,1H3;7-10,12H,2-6H2,1H3;6-9,16H,2-5H2,1H3;7-9H,2-6H2,1H3. The van der Waals surface area contributed by atoms with Gasteiger partial charge in [0.2, 0.25) is 12.6 Å². The normalized spacial score (nSPS) is 47.4. The minimum Gasteiger partial charge on any atom is -0.464 e. The van der Waals surface area contributed by atoms with Gasteiger partial charge in [-0.1, -0.05) is 0 Å². The Labute approximate surface area is 748 Å². The van der Waals surface area contributed by atoms with Crippen LogP contribution in [0.2, 0.25) is 0 Å². The van der Waals surface area contributed by atoms with Crippen molar-refractivity contribution < 1.29 is 164 Å². The van der Waals surface area contributed by atoms with Gasteiger partial charge in [-0.3, -0.25) is 24.0 Å². The third kappa shape index (κ3) is 17.1. The van der Waals surface area contributed by atoms with Gasteiger partial charge in [0.25, 0.3) is 0 Å². The molecule has 2 N–H and O–H groups in total. The molecule has 45 heteroatoms. The number of alkyl halides is 10. The Morgan fingerprint density at radius 1 is 0.371 bits per heavy atom. The predicted molar refractivity (Wildman–Crippen MR) is 433 cm³/mol. The second-order valence-electron chi connectivity index (χ2n) is 37.4. The molecule has 8 bridgehead atoms. The number of esters is 10. The summed E-state index contributed by atoms with van der Waals surface area (Å²) < 4.78 is 199. The molecule has 22 unspecified atom stereocenters. The van der Waals surface area contributed by atoms with E-state index in [4.69, 9.17) is 61.6 Å². The van der Waals surface area contributed by atoms with Crippen LogP contribution in [0.4, 0.5) is 43.9 Å². The average Bonchev–Trinajstić information content (AvgIpc) is 1.49. The van der Waals surface area contributed by atoms with Crippen LogP contribution in [0.5, 0.6) is 0 Å². The van der Waals surface area contributed by atoms with E-state index in [9.17, 15) is 102 Å². The molecule has 5 spiro atoms. The van der Waals surface area contributed by atoms with Gasteiger partial charge >= 0.3 is 89.3 Å². The maximum Gasteiger partial charge on any atom is 0.377 e. The molecule has 690 valence electrons. The first-order chi connectivity index (χ1) is 58.1. The summed E-state index contributed by atoms with van der Waals surface area (Å²) in [5.41, 5.74) is -1.75. The van der Waals surface area contributed by atoms with E-state index in [1.54, 1.807) is 70.6 Å². The largest absolute Gasteiger partial charge is 0.464 e. The number of thioether (sulfide) groups is 10. The SMILES string of the molecule is CC(F)(F)C(=O)OC12CC3CC(C1)C1(SC4OC5C(O)OC(=O)C5C4S1)C(C3)C2.CC(F)(F)C(=O)OC12CC3CC(C1)C1(SC4OC5COC(=O)C5C4S1)C(C3)C2.CC(F)(F)C(=O)OC1CCC2(CC1)SC1C(=O)OC(O)C1S2.CC(F)(F)C(=O)OC1CCC2(CC1)SC1COC(=O)C1S2.CC(F)(F)C(=O)OC1CCC2(CC1)SC1OC3COC(=O)C3C1S2. The number of ether oxygens (including phenoxy) is 13. The number of halogens is 10. The van der Waals surface area contributed by atoms with Crippen LogP contribution in [0.1, 0.15) is 176 Å². The molecule has 11 aliphatic carbocycles. The molecule has 0 aromatic heterocycles. The number of hydrogen-bond donors (Lipinski definition) is 2. The fraction of sp³-hybridized carbons (Fsp3) is 0.873. The van der Waals surface area contributed by atoms with Crippen molar-refractivity contribution in [2.45, 2.75) is 339 Å². The maximum absolute atomic E-state index is 13.5. The Bertz CT molecular complexity index is 4210. The van der Waals surface area contributed by atoms with Crippen molar-refractivity contribution >= 4 is 177 Å². The third-order valence-electron chi connectivity index (χ3n) is 28.2. The molecule has 0 radical (unpaired) electrons. The Kier molecular flexibility index (Phi) is 24.3. The zero-order chi connectivity index (χ0) is 88.3. The summed E-state index contributed by atoms with van der Waals surface area (Å²) in [7, 11) is 0. The van der Waals surface area contributed by atoms with Gasteiger partial charge in [-0.2, -0.15) is 43.9 Å².